The Kier molecular flexibility index (Phi) is 3.69. The molecule has 1 heterocycles. The maximum absolute atomic E-state index is 5.66. The van der Waals surface area contributed by atoms with Crippen LogP contribution in [0.15, 0.2) is 21.3 Å². The van der Waals surface area contributed by atoms with Gasteiger partial charge in [-0.1, -0.05) is 34.8 Å². The third kappa shape index (κ3) is 2.74. The van der Waals surface area contributed by atoms with Crippen LogP contribution in [0.4, 0.5) is 0 Å². The summed E-state index contributed by atoms with van der Waals surface area (Å²) in [7, 11) is 0. The zero-order chi connectivity index (χ0) is 9.35. The average Bonchev–Trinajstić information content (AvgIpc) is 1.83. The van der Waals surface area contributed by atoms with Gasteiger partial charge in [-0.25, -0.2) is 4.98 Å². The van der Waals surface area contributed by atoms with E-state index in [2.05, 4.69) is 36.8 Å². The van der Waals surface area contributed by atoms with Crippen molar-refractivity contribution in [3.05, 3.63) is 26.9 Å². The van der Waals surface area contributed by atoms with Crippen molar-refractivity contribution >= 4 is 66.7 Å². The fraction of sp³-hybridized carbons (Fsp3) is 0.167. The molecule has 0 amide bonds. The predicted molar refractivity (Wildman–Crippen MR) is 58.9 cm³/mol. The first-order valence-electron chi connectivity index (χ1n) is 2.80. The molecule has 0 aliphatic rings. The molecule has 12 heavy (non-hydrogen) atoms. The average molecular weight is 354 g/mol. The summed E-state index contributed by atoms with van der Waals surface area (Å²) in [6.07, 6.45) is 0. The first-order chi connectivity index (χ1) is 5.41. The van der Waals surface area contributed by atoms with Crippen LogP contribution >= 0.6 is 66.7 Å². The SMILES string of the molecule is ClC(Cl)(Cl)c1ccc(Br)nc1Br. The second kappa shape index (κ2) is 4.01. The van der Waals surface area contributed by atoms with Crippen molar-refractivity contribution in [3.8, 4) is 0 Å². The highest BCUT2D eigenvalue weighted by Crippen LogP contribution is 2.41. The maximum atomic E-state index is 5.66. The lowest BCUT2D eigenvalue weighted by molar-refractivity contribution is 1.11. The lowest BCUT2D eigenvalue weighted by Gasteiger charge is -2.12. The molecule has 0 saturated carbocycles. The topological polar surface area (TPSA) is 12.9 Å². The van der Waals surface area contributed by atoms with Gasteiger partial charge in [0.15, 0.2) is 0 Å². The van der Waals surface area contributed by atoms with Gasteiger partial charge in [-0.2, -0.15) is 0 Å². The van der Waals surface area contributed by atoms with Crippen molar-refractivity contribution in [1.82, 2.24) is 4.98 Å². The van der Waals surface area contributed by atoms with Gasteiger partial charge in [0.05, 0.1) is 0 Å². The highest BCUT2D eigenvalue weighted by atomic mass is 79.9. The molecule has 0 atom stereocenters. The van der Waals surface area contributed by atoms with E-state index in [9.17, 15) is 0 Å². The molecule has 1 rings (SSSR count). The molecule has 6 heteroatoms. The summed E-state index contributed by atoms with van der Waals surface area (Å²) in [6.45, 7) is 0. The minimum Gasteiger partial charge on any atom is -0.234 e. The predicted octanol–water partition coefficient (Wildman–Crippen LogP) is 4.43. The van der Waals surface area contributed by atoms with Gasteiger partial charge in [-0.15, -0.1) is 0 Å². The van der Waals surface area contributed by atoms with Crippen molar-refractivity contribution < 1.29 is 0 Å². The number of hydrogen-bond acceptors (Lipinski definition) is 1. The quantitative estimate of drug-likeness (QED) is 0.496. The Balaban J connectivity index is 3.19. The zero-order valence-corrected chi connectivity index (χ0v) is 10.9. The molecule has 0 spiro atoms. The van der Waals surface area contributed by atoms with Crippen LogP contribution in [0.3, 0.4) is 0 Å². The van der Waals surface area contributed by atoms with Gasteiger partial charge in [0, 0.05) is 5.56 Å². The first-order valence-corrected chi connectivity index (χ1v) is 5.52. The molecule has 0 aliphatic heterocycles. The number of hydrogen-bond donors (Lipinski definition) is 0. The highest BCUT2D eigenvalue weighted by molar-refractivity contribution is 9.11. The number of nitrogens with zero attached hydrogens (tertiary/aromatic N) is 1. The molecular weight excluding hydrogens is 352 g/mol. The van der Waals surface area contributed by atoms with E-state index in [0.717, 1.165) is 0 Å². The van der Waals surface area contributed by atoms with Gasteiger partial charge < -0.3 is 0 Å². The zero-order valence-electron chi connectivity index (χ0n) is 5.49. The molecule has 0 radical (unpaired) electrons. The molecule has 0 aliphatic carbocycles. The third-order valence-corrected chi connectivity index (χ3v) is 2.78. The molecule has 0 bridgehead atoms. The monoisotopic (exact) mass is 351 g/mol. The largest absolute Gasteiger partial charge is 0.234 e. The highest BCUT2D eigenvalue weighted by Gasteiger charge is 2.26. The molecule has 0 N–H and O–H groups in total. The lowest BCUT2D eigenvalue weighted by atomic mass is 10.3. The Morgan fingerprint density at radius 1 is 1.17 bits per heavy atom. The number of rotatable bonds is 0. The van der Waals surface area contributed by atoms with E-state index < -0.39 is 3.79 Å². The number of alkyl halides is 3. The van der Waals surface area contributed by atoms with E-state index in [-0.39, 0.29) is 0 Å². The van der Waals surface area contributed by atoms with E-state index in [4.69, 9.17) is 34.8 Å². The van der Waals surface area contributed by atoms with E-state index >= 15 is 0 Å². The van der Waals surface area contributed by atoms with E-state index in [1.54, 1.807) is 12.1 Å². The van der Waals surface area contributed by atoms with Crippen LogP contribution in [0.1, 0.15) is 5.56 Å². The van der Waals surface area contributed by atoms with Crippen LogP contribution in [0.2, 0.25) is 0 Å². The van der Waals surface area contributed by atoms with Crippen LogP contribution in [-0.2, 0) is 3.79 Å². The fourth-order valence-corrected chi connectivity index (χ4v) is 2.59. The van der Waals surface area contributed by atoms with Crippen molar-refractivity contribution in [3.63, 3.8) is 0 Å². The van der Waals surface area contributed by atoms with Crippen molar-refractivity contribution in [2.75, 3.05) is 0 Å². The van der Waals surface area contributed by atoms with Crippen LogP contribution < -0.4 is 0 Å². The van der Waals surface area contributed by atoms with Crippen LogP contribution in [-0.4, -0.2) is 4.98 Å². The molecule has 0 unspecified atom stereocenters. The van der Waals surface area contributed by atoms with E-state index in [1.807, 2.05) is 0 Å². The summed E-state index contributed by atoms with van der Waals surface area (Å²) in [5.41, 5.74) is 0.524. The van der Waals surface area contributed by atoms with Gasteiger partial charge in [-0.3, -0.25) is 0 Å². The Morgan fingerprint density at radius 3 is 2.17 bits per heavy atom. The first kappa shape index (κ1) is 11.1. The summed E-state index contributed by atoms with van der Waals surface area (Å²) in [4.78, 5) is 4.02. The molecular formula is C6H2Br2Cl3N. The summed E-state index contributed by atoms with van der Waals surface area (Å²) in [5, 5.41) is 0. The van der Waals surface area contributed by atoms with Gasteiger partial charge in [0.25, 0.3) is 0 Å². The second-order valence-electron chi connectivity index (χ2n) is 1.97. The van der Waals surface area contributed by atoms with Gasteiger partial charge in [0.1, 0.15) is 9.21 Å². The minimum absolute atomic E-state index is 0.524. The van der Waals surface area contributed by atoms with E-state index in [0.29, 0.717) is 14.8 Å². The second-order valence-corrected chi connectivity index (χ2v) is 5.81. The number of aromatic nitrogens is 1. The molecule has 1 aromatic heterocycles. The maximum Gasteiger partial charge on any atom is 0.218 e. The molecule has 66 valence electrons. The lowest BCUT2D eigenvalue weighted by Crippen LogP contribution is -2.02. The van der Waals surface area contributed by atoms with Crippen LogP contribution in [0.25, 0.3) is 0 Å². The summed E-state index contributed by atoms with van der Waals surface area (Å²) in [6, 6.07) is 3.40. The van der Waals surface area contributed by atoms with Crippen molar-refractivity contribution in [2.24, 2.45) is 0 Å². The molecule has 1 nitrogen and oxygen atoms in total. The fourth-order valence-electron chi connectivity index (χ4n) is 0.624. The minimum atomic E-state index is -1.44. The number of halogens is 5. The van der Waals surface area contributed by atoms with Crippen LogP contribution in [0.5, 0.6) is 0 Å². The van der Waals surface area contributed by atoms with Crippen molar-refractivity contribution in [2.45, 2.75) is 3.79 Å². The van der Waals surface area contributed by atoms with Gasteiger partial charge >= 0.3 is 0 Å². The summed E-state index contributed by atoms with van der Waals surface area (Å²) in [5.74, 6) is 0. The smallest absolute Gasteiger partial charge is 0.218 e. The number of pyridine rings is 1. The Hall–Kier alpha value is 0.980. The summed E-state index contributed by atoms with van der Waals surface area (Å²) >= 11 is 23.4. The van der Waals surface area contributed by atoms with Gasteiger partial charge in [-0.05, 0) is 44.0 Å². The third-order valence-electron chi connectivity index (χ3n) is 1.12. The van der Waals surface area contributed by atoms with Crippen molar-refractivity contribution in [1.29, 1.82) is 0 Å². The Morgan fingerprint density at radius 2 is 1.75 bits per heavy atom. The normalized spacial score (nSPS) is 11.8. The standard InChI is InChI=1S/C6H2Br2Cl3N/c7-4-2-1-3(5(8)12-4)6(9,10)11/h1-2H. The Labute approximate surface area is 102 Å². The van der Waals surface area contributed by atoms with Crippen LogP contribution in [0, 0.1) is 0 Å². The molecule has 1 aromatic rings. The molecule has 0 aromatic carbocycles. The molecule has 0 fully saturated rings. The molecule has 0 saturated heterocycles. The summed E-state index contributed by atoms with van der Waals surface area (Å²) < 4.78 is -0.226. The Bertz CT molecular complexity index is 297. The van der Waals surface area contributed by atoms with E-state index in [1.165, 1.54) is 0 Å². The van der Waals surface area contributed by atoms with Gasteiger partial charge in [0.2, 0.25) is 3.79 Å².